The SMILES string of the molecule is Nc1n[nH]cc1-c1ccc(-c2cccs2)cc1. The largest absolute Gasteiger partial charge is 0.382 e. The highest BCUT2D eigenvalue weighted by Crippen LogP contribution is 2.29. The van der Waals surface area contributed by atoms with Crippen molar-refractivity contribution in [2.75, 3.05) is 5.73 Å². The number of hydrogen-bond acceptors (Lipinski definition) is 3. The van der Waals surface area contributed by atoms with Gasteiger partial charge in [-0.2, -0.15) is 5.10 Å². The Balaban J connectivity index is 1.99. The number of nitrogens with zero attached hydrogens (tertiary/aromatic N) is 1. The van der Waals surface area contributed by atoms with Gasteiger partial charge in [0.2, 0.25) is 0 Å². The summed E-state index contributed by atoms with van der Waals surface area (Å²) < 4.78 is 0. The normalized spacial score (nSPS) is 10.6. The number of hydrogen-bond donors (Lipinski definition) is 2. The molecule has 2 aromatic heterocycles. The molecule has 3 nitrogen and oxygen atoms in total. The van der Waals surface area contributed by atoms with Crippen molar-refractivity contribution in [3.8, 4) is 21.6 Å². The average molecular weight is 241 g/mol. The van der Waals surface area contributed by atoms with E-state index in [-0.39, 0.29) is 0 Å². The second-order valence-electron chi connectivity index (χ2n) is 3.74. The van der Waals surface area contributed by atoms with E-state index >= 15 is 0 Å². The standard InChI is InChI=1S/C13H11N3S/c14-13-11(8-15-16-13)9-3-5-10(6-4-9)12-2-1-7-17-12/h1-8H,(H3,14,15,16). The molecule has 3 rings (SSSR count). The summed E-state index contributed by atoms with van der Waals surface area (Å²) in [7, 11) is 0. The zero-order valence-electron chi connectivity index (χ0n) is 9.05. The number of H-pyrrole nitrogens is 1. The molecular formula is C13H11N3S. The lowest BCUT2D eigenvalue weighted by molar-refractivity contribution is 1.10. The Bertz CT molecular complexity index is 608. The van der Waals surface area contributed by atoms with Crippen LogP contribution >= 0.6 is 11.3 Å². The van der Waals surface area contributed by atoms with Gasteiger partial charge in [0.15, 0.2) is 5.82 Å². The molecule has 0 radical (unpaired) electrons. The molecule has 0 amide bonds. The van der Waals surface area contributed by atoms with Crippen molar-refractivity contribution in [3.05, 3.63) is 48.0 Å². The van der Waals surface area contributed by atoms with Gasteiger partial charge >= 0.3 is 0 Å². The molecule has 4 heteroatoms. The molecule has 84 valence electrons. The van der Waals surface area contributed by atoms with Gasteiger partial charge in [0.25, 0.3) is 0 Å². The summed E-state index contributed by atoms with van der Waals surface area (Å²) in [6.07, 6.45) is 1.81. The number of benzene rings is 1. The third-order valence-corrected chi connectivity index (χ3v) is 3.59. The first-order chi connectivity index (χ1) is 8.34. The van der Waals surface area contributed by atoms with E-state index in [1.54, 1.807) is 11.3 Å². The van der Waals surface area contributed by atoms with E-state index in [4.69, 9.17) is 5.73 Å². The number of nitrogens with one attached hydrogen (secondary N) is 1. The highest BCUT2D eigenvalue weighted by atomic mass is 32.1. The van der Waals surface area contributed by atoms with E-state index in [1.165, 1.54) is 10.4 Å². The molecule has 0 saturated carbocycles. The van der Waals surface area contributed by atoms with Crippen LogP contribution < -0.4 is 5.73 Å². The number of aromatic amines is 1. The second kappa shape index (κ2) is 4.07. The Hall–Kier alpha value is -2.07. The average Bonchev–Trinajstić information content (AvgIpc) is 3.00. The summed E-state index contributed by atoms with van der Waals surface area (Å²) in [4.78, 5) is 1.27. The van der Waals surface area contributed by atoms with Crippen LogP contribution in [0, 0.1) is 0 Å². The fourth-order valence-corrected chi connectivity index (χ4v) is 2.52. The monoisotopic (exact) mass is 241 g/mol. The number of aromatic nitrogens is 2. The van der Waals surface area contributed by atoms with Gasteiger partial charge in [0.05, 0.1) is 0 Å². The van der Waals surface area contributed by atoms with Crippen molar-refractivity contribution in [2.24, 2.45) is 0 Å². The van der Waals surface area contributed by atoms with Crippen LogP contribution in [-0.2, 0) is 0 Å². The highest BCUT2D eigenvalue weighted by Gasteiger charge is 2.05. The Morgan fingerprint density at radius 3 is 2.41 bits per heavy atom. The molecule has 2 heterocycles. The molecule has 0 unspecified atom stereocenters. The second-order valence-corrected chi connectivity index (χ2v) is 4.69. The lowest BCUT2D eigenvalue weighted by Gasteiger charge is -2.01. The molecule has 17 heavy (non-hydrogen) atoms. The Kier molecular flexibility index (Phi) is 2.42. The zero-order valence-corrected chi connectivity index (χ0v) is 9.87. The number of nitrogens with two attached hydrogens (primary N) is 1. The fraction of sp³-hybridized carbons (Fsp3) is 0. The topological polar surface area (TPSA) is 54.7 Å². The molecule has 3 N–H and O–H groups in total. The van der Waals surface area contributed by atoms with Crippen LogP contribution in [0.5, 0.6) is 0 Å². The molecule has 1 aromatic carbocycles. The van der Waals surface area contributed by atoms with E-state index in [1.807, 2.05) is 6.20 Å². The van der Waals surface area contributed by atoms with Crippen LogP contribution in [0.3, 0.4) is 0 Å². The van der Waals surface area contributed by atoms with Crippen LogP contribution in [-0.4, -0.2) is 10.2 Å². The quantitative estimate of drug-likeness (QED) is 0.722. The summed E-state index contributed by atoms with van der Waals surface area (Å²) >= 11 is 1.74. The van der Waals surface area contributed by atoms with E-state index in [9.17, 15) is 0 Å². The Morgan fingerprint density at radius 1 is 1.06 bits per heavy atom. The molecule has 0 bridgehead atoms. The van der Waals surface area contributed by atoms with Gasteiger partial charge in [-0.3, -0.25) is 5.10 Å². The zero-order chi connectivity index (χ0) is 11.7. The maximum atomic E-state index is 5.76. The minimum absolute atomic E-state index is 0.536. The minimum Gasteiger partial charge on any atom is -0.382 e. The first-order valence-corrected chi connectivity index (χ1v) is 6.16. The van der Waals surface area contributed by atoms with Crippen molar-refractivity contribution in [2.45, 2.75) is 0 Å². The maximum Gasteiger partial charge on any atom is 0.153 e. The molecular weight excluding hydrogens is 230 g/mol. The molecule has 3 aromatic rings. The number of anilines is 1. The Labute approximate surface area is 103 Å². The molecule has 0 atom stereocenters. The summed E-state index contributed by atoms with van der Waals surface area (Å²) in [5.41, 5.74) is 9.02. The summed E-state index contributed by atoms with van der Waals surface area (Å²) in [5.74, 6) is 0.536. The van der Waals surface area contributed by atoms with Crippen LogP contribution in [0.1, 0.15) is 0 Å². The fourth-order valence-electron chi connectivity index (χ4n) is 1.79. The van der Waals surface area contributed by atoms with Crippen LogP contribution in [0.2, 0.25) is 0 Å². The van der Waals surface area contributed by atoms with Gasteiger partial charge in [0, 0.05) is 16.6 Å². The number of thiophene rings is 1. The summed E-state index contributed by atoms with van der Waals surface area (Å²) in [6, 6.07) is 12.5. The molecule has 0 spiro atoms. The Morgan fingerprint density at radius 2 is 1.82 bits per heavy atom. The predicted octanol–water partition coefficient (Wildman–Crippen LogP) is 3.39. The lowest BCUT2D eigenvalue weighted by Crippen LogP contribution is -1.87. The maximum absolute atomic E-state index is 5.76. The van der Waals surface area contributed by atoms with Gasteiger partial charge < -0.3 is 5.73 Å². The van der Waals surface area contributed by atoms with Gasteiger partial charge in [0.1, 0.15) is 0 Å². The first-order valence-electron chi connectivity index (χ1n) is 5.28. The van der Waals surface area contributed by atoms with Crippen molar-refractivity contribution in [1.29, 1.82) is 0 Å². The first kappa shape index (κ1) is 10.1. The van der Waals surface area contributed by atoms with Crippen LogP contribution in [0.25, 0.3) is 21.6 Å². The third-order valence-electron chi connectivity index (χ3n) is 2.67. The molecule has 0 fully saturated rings. The molecule has 0 saturated heterocycles. The molecule has 0 aliphatic rings. The van der Waals surface area contributed by atoms with Gasteiger partial charge in [-0.25, -0.2) is 0 Å². The van der Waals surface area contributed by atoms with Crippen molar-refractivity contribution in [3.63, 3.8) is 0 Å². The van der Waals surface area contributed by atoms with E-state index in [2.05, 4.69) is 52.0 Å². The van der Waals surface area contributed by atoms with Gasteiger partial charge in [-0.15, -0.1) is 11.3 Å². The van der Waals surface area contributed by atoms with Crippen molar-refractivity contribution >= 4 is 17.2 Å². The smallest absolute Gasteiger partial charge is 0.153 e. The minimum atomic E-state index is 0.536. The highest BCUT2D eigenvalue weighted by molar-refractivity contribution is 7.13. The number of rotatable bonds is 2. The summed E-state index contributed by atoms with van der Waals surface area (Å²) in [5, 5.41) is 8.77. The number of nitrogen functional groups attached to an aromatic ring is 1. The van der Waals surface area contributed by atoms with Gasteiger partial charge in [-0.05, 0) is 22.6 Å². The van der Waals surface area contributed by atoms with E-state index < -0.39 is 0 Å². The van der Waals surface area contributed by atoms with Gasteiger partial charge in [-0.1, -0.05) is 30.3 Å². The summed E-state index contributed by atoms with van der Waals surface area (Å²) in [6.45, 7) is 0. The van der Waals surface area contributed by atoms with Crippen molar-refractivity contribution in [1.82, 2.24) is 10.2 Å². The third kappa shape index (κ3) is 1.83. The molecule has 0 aliphatic carbocycles. The van der Waals surface area contributed by atoms with Crippen molar-refractivity contribution < 1.29 is 0 Å². The van der Waals surface area contributed by atoms with E-state index in [0.717, 1.165) is 11.1 Å². The lowest BCUT2D eigenvalue weighted by atomic mass is 10.1. The predicted molar refractivity (Wildman–Crippen MR) is 71.7 cm³/mol. The van der Waals surface area contributed by atoms with Crippen LogP contribution in [0.15, 0.2) is 48.0 Å². The van der Waals surface area contributed by atoms with Crippen LogP contribution in [0.4, 0.5) is 5.82 Å². The van der Waals surface area contributed by atoms with E-state index in [0.29, 0.717) is 5.82 Å². The molecule has 0 aliphatic heterocycles.